The lowest BCUT2D eigenvalue weighted by molar-refractivity contribution is 0.00311. The minimum atomic E-state index is -1.26. The number of hydrogen-bond donors (Lipinski definition) is 1. The van der Waals surface area contributed by atoms with E-state index in [-0.39, 0.29) is 0 Å². The van der Waals surface area contributed by atoms with E-state index in [1.807, 2.05) is 80.8 Å². The number of ether oxygens (including phenoxy) is 1. The van der Waals surface area contributed by atoms with E-state index in [0.717, 1.165) is 32.3 Å². The molecular weight excluding hydrogens is 536 g/mol. The molecule has 0 radical (unpaired) electrons. The quantitative estimate of drug-likeness (QED) is 0.234. The van der Waals surface area contributed by atoms with Crippen LogP contribution in [0, 0.1) is 0 Å². The van der Waals surface area contributed by atoms with Crippen molar-refractivity contribution in [2.75, 3.05) is 27.7 Å². The van der Waals surface area contributed by atoms with E-state index in [4.69, 9.17) is 16.3 Å². The van der Waals surface area contributed by atoms with Gasteiger partial charge in [0.15, 0.2) is 0 Å². The predicted molar refractivity (Wildman–Crippen MR) is 151 cm³/mol. The van der Waals surface area contributed by atoms with Crippen molar-refractivity contribution in [1.29, 1.82) is 0 Å². The van der Waals surface area contributed by atoms with Gasteiger partial charge in [0.05, 0.1) is 7.11 Å². The third-order valence-corrected chi connectivity index (χ3v) is 7.40. The van der Waals surface area contributed by atoms with Gasteiger partial charge in [-0.25, -0.2) is 4.98 Å². The Morgan fingerprint density at radius 3 is 2.28 bits per heavy atom. The van der Waals surface area contributed by atoms with Crippen molar-refractivity contribution in [2.24, 2.45) is 0 Å². The van der Waals surface area contributed by atoms with Gasteiger partial charge in [0, 0.05) is 39.3 Å². The molecule has 1 aromatic heterocycles. The van der Waals surface area contributed by atoms with E-state index in [1.165, 1.54) is 0 Å². The van der Waals surface area contributed by atoms with Crippen molar-refractivity contribution in [3.63, 3.8) is 0 Å². The van der Waals surface area contributed by atoms with E-state index >= 15 is 0 Å². The molecule has 0 saturated carbocycles. The fourth-order valence-corrected chi connectivity index (χ4v) is 5.40. The first-order valence-electron chi connectivity index (χ1n) is 11.8. The number of rotatable bonds is 9. The first-order valence-corrected chi connectivity index (χ1v) is 13.0. The number of hydrogen-bond acceptors (Lipinski definition) is 4. The van der Waals surface area contributed by atoms with Gasteiger partial charge in [-0.05, 0) is 61.5 Å². The molecule has 2 unspecified atom stereocenters. The molecule has 4 rings (SSSR count). The lowest BCUT2D eigenvalue weighted by atomic mass is 9.71. The number of benzene rings is 3. The lowest BCUT2D eigenvalue weighted by Crippen LogP contribution is -2.38. The van der Waals surface area contributed by atoms with Gasteiger partial charge in [-0.1, -0.05) is 88.2 Å². The zero-order valence-corrected chi connectivity index (χ0v) is 23.0. The summed E-state index contributed by atoms with van der Waals surface area (Å²) in [5.41, 5.74) is 3.25. The maximum absolute atomic E-state index is 12.7. The van der Waals surface area contributed by atoms with E-state index in [9.17, 15) is 5.11 Å². The normalized spacial score (nSPS) is 13.9. The van der Waals surface area contributed by atoms with Crippen LogP contribution < -0.4 is 4.74 Å². The number of aromatic nitrogens is 1. The molecule has 0 aliphatic carbocycles. The zero-order chi connectivity index (χ0) is 25.7. The topological polar surface area (TPSA) is 45.6 Å². The molecule has 1 heterocycles. The van der Waals surface area contributed by atoms with Gasteiger partial charge in [0.25, 0.3) is 0 Å². The molecule has 6 heteroatoms. The molecule has 0 aliphatic rings. The Balaban J connectivity index is 1.99. The second-order valence-corrected chi connectivity index (χ2v) is 10.4. The van der Waals surface area contributed by atoms with Gasteiger partial charge in [0.2, 0.25) is 5.88 Å². The van der Waals surface area contributed by atoms with Crippen LogP contribution in [0.2, 0.25) is 5.02 Å². The highest BCUT2D eigenvalue weighted by Crippen LogP contribution is 2.49. The first kappa shape index (κ1) is 26.4. The summed E-state index contributed by atoms with van der Waals surface area (Å²) in [6, 6.07) is 27.7. The molecule has 3 aromatic carbocycles. The molecule has 0 bridgehead atoms. The second kappa shape index (κ2) is 11.6. The Bertz CT molecular complexity index is 1300. The molecule has 0 spiro atoms. The molecule has 0 fully saturated rings. The fourth-order valence-electron chi connectivity index (χ4n) is 4.65. The summed E-state index contributed by atoms with van der Waals surface area (Å²) < 4.78 is 6.63. The standard InChI is InChI=1S/C30H30BrClN2O2/c1-34(2)18-17-30(35,26-11-7-8-12-27(26)31)28(22-9-5-4-6-10-22)25-19-23(20-33-29(25)36-3)21-13-15-24(32)16-14-21/h4-16,19-20,28,35H,17-18H2,1-3H3. The van der Waals surface area contributed by atoms with E-state index in [2.05, 4.69) is 44.0 Å². The molecule has 0 amide bonds. The van der Waals surface area contributed by atoms with Crippen LogP contribution in [0.3, 0.4) is 0 Å². The average molecular weight is 566 g/mol. The Labute approximate surface area is 226 Å². The monoisotopic (exact) mass is 564 g/mol. The van der Waals surface area contributed by atoms with Gasteiger partial charge < -0.3 is 14.7 Å². The van der Waals surface area contributed by atoms with Gasteiger partial charge in [-0.15, -0.1) is 0 Å². The summed E-state index contributed by atoms with van der Waals surface area (Å²) in [5, 5.41) is 13.4. The van der Waals surface area contributed by atoms with Crippen molar-refractivity contribution >= 4 is 27.5 Å². The Morgan fingerprint density at radius 2 is 1.64 bits per heavy atom. The minimum absolute atomic E-state index is 0.452. The summed E-state index contributed by atoms with van der Waals surface area (Å²) >= 11 is 9.85. The molecular formula is C30H30BrClN2O2. The van der Waals surface area contributed by atoms with Crippen molar-refractivity contribution in [3.05, 3.63) is 117 Å². The second-order valence-electron chi connectivity index (χ2n) is 9.13. The largest absolute Gasteiger partial charge is 0.481 e. The van der Waals surface area contributed by atoms with Crippen molar-refractivity contribution < 1.29 is 9.84 Å². The summed E-state index contributed by atoms with van der Waals surface area (Å²) in [7, 11) is 5.65. The van der Waals surface area contributed by atoms with Crippen LogP contribution in [0.15, 0.2) is 95.6 Å². The Morgan fingerprint density at radius 1 is 0.972 bits per heavy atom. The smallest absolute Gasteiger partial charge is 0.217 e. The van der Waals surface area contributed by atoms with Crippen LogP contribution >= 0.6 is 27.5 Å². The molecule has 186 valence electrons. The first-order chi connectivity index (χ1) is 17.3. The molecule has 0 saturated heterocycles. The van der Waals surface area contributed by atoms with Crippen LogP contribution in [0.5, 0.6) is 5.88 Å². The third kappa shape index (κ3) is 5.65. The van der Waals surface area contributed by atoms with Crippen LogP contribution in [0.25, 0.3) is 11.1 Å². The van der Waals surface area contributed by atoms with E-state index in [0.29, 0.717) is 23.9 Å². The van der Waals surface area contributed by atoms with Gasteiger partial charge in [0.1, 0.15) is 5.60 Å². The highest BCUT2D eigenvalue weighted by atomic mass is 79.9. The molecule has 1 N–H and O–H groups in total. The van der Waals surface area contributed by atoms with Crippen LogP contribution in [0.1, 0.15) is 29.0 Å². The van der Waals surface area contributed by atoms with Gasteiger partial charge in [-0.3, -0.25) is 0 Å². The summed E-state index contributed by atoms with van der Waals surface area (Å²) in [5.74, 6) is 0.0314. The maximum Gasteiger partial charge on any atom is 0.217 e. The fraction of sp³-hybridized carbons (Fsp3) is 0.233. The summed E-state index contributed by atoms with van der Waals surface area (Å²) in [4.78, 5) is 6.77. The van der Waals surface area contributed by atoms with Crippen molar-refractivity contribution in [3.8, 4) is 17.0 Å². The zero-order valence-electron chi connectivity index (χ0n) is 20.7. The highest BCUT2D eigenvalue weighted by Gasteiger charge is 2.43. The SMILES string of the molecule is COc1ncc(-c2ccc(Cl)cc2)cc1C(c1ccccc1)C(O)(CCN(C)C)c1ccccc1Br. The van der Waals surface area contributed by atoms with Crippen molar-refractivity contribution in [2.45, 2.75) is 17.9 Å². The van der Waals surface area contributed by atoms with Crippen molar-refractivity contribution in [1.82, 2.24) is 9.88 Å². The predicted octanol–water partition coefficient (Wildman–Crippen LogP) is 7.14. The van der Waals surface area contributed by atoms with Crippen LogP contribution in [0.4, 0.5) is 0 Å². The van der Waals surface area contributed by atoms with E-state index < -0.39 is 11.5 Å². The number of aliphatic hydroxyl groups is 1. The third-order valence-electron chi connectivity index (χ3n) is 6.45. The maximum atomic E-state index is 12.7. The molecule has 0 aliphatic heterocycles. The molecule has 4 nitrogen and oxygen atoms in total. The number of pyridine rings is 1. The summed E-state index contributed by atoms with van der Waals surface area (Å²) in [6.07, 6.45) is 2.29. The van der Waals surface area contributed by atoms with Crippen LogP contribution in [-0.2, 0) is 5.60 Å². The highest BCUT2D eigenvalue weighted by molar-refractivity contribution is 9.10. The van der Waals surface area contributed by atoms with Crippen LogP contribution in [-0.4, -0.2) is 42.7 Å². The average Bonchev–Trinajstić information content (AvgIpc) is 2.89. The van der Waals surface area contributed by atoms with Gasteiger partial charge in [-0.2, -0.15) is 0 Å². The molecule has 36 heavy (non-hydrogen) atoms. The van der Waals surface area contributed by atoms with Gasteiger partial charge >= 0.3 is 0 Å². The molecule has 2 atom stereocenters. The lowest BCUT2D eigenvalue weighted by Gasteiger charge is -2.39. The number of nitrogens with zero attached hydrogens (tertiary/aromatic N) is 2. The molecule has 4 aromatic rings. The number of halogens is 2. The Kier molecular flexibility index (Phi) is 8.47. The minimum Gasteiger partial charge on any atom is -0.481 e. The number of methoxy groups -OCH3 is 1. The van der Waals surface area contributed by atoms with E-state index in [1.54, 1.807) is 13.3 Å². The summed E-state index contributed by atoms with van der Waals surface area (Å²) in [6.45, 7) is 0.688. The Hall–Kier alpha value is -2.70.